The van der Waals surface area contributed by atoms with Crippen LogP contribution in [0.4, 0.5) is 0 Å². The van der Waals surface area contributed by atoms with Crippen LogP contribution in [0.3, 0.4) is 0 Å². The molecule has 0 bridgehead atoms. The van der Waals surface area contributed by atoms with E-state index in [0.29, 0.717) is 57.9 Å². The number of fused-ring (bicyclic) bond motifs is 1. The molecule has 0 aliphatic carbocycles. The maximum absolute atomic E-state index is 12.5. The van der Waals surface area contributed by atoms with Crippen LogP contribution in [0.5, 0.6) is 17.2 Å². The number of benzene rings is 3. The van der Waals surface area contributed by atoms with Gasteiger partial charge in [-0.2, -0.15) is 0 Å². The number of ether oxygens (including phenoxy) is 2. The van der Waals surface area contributed by atoms with Crippen LogP contribution in [-0.2, 0) is 11.2 Å². The van der Waals surface area contributed by atoms with Crippen molar-refractivity contribution in [3.05, 3.63) is 87.4 Å². The number of halogens is 2. The first-order chi connectivity index (χ1) is 15.9. The number of aryl methyl sites for hydroxylation is 1. The van der Waals surface area contributed by atoms with Crippen LogP contribution in [0.2, 0.25) is 10.0 Å². The molecular formula is C26H22Cl2O5. The lowest BCUT2D eigenvalue weighted by atomic mass is 9.93. The summed E-state index contributed by atoms with van der Waals surface area (Å²) in [7, 11) is 0. The molecule has 3 aromatic carbocycles. The number of hydrogen-bond donors (Lipinski definition) is 1. The Kier molecular flexibility index (Phi) is 7.21. The fourth-order valence-electron chi connectivity index (χ4n) is 3.86. The second kappa shape index (κ2) is 10.3. The third kappa shape index (κ3) is 5.67. The van der Waals surface area contributed by atoms with Crippen LogP contribution in [0.15, 0.2) is 60.7 Å². The minimum atomic E-state index is -0.927. The number of aliphatic carboxylic acids is 1. The van der Waals surface area contributed by atoms with Gasteiger partial charge in [0.15, 0.2) is 5.78 Å². The van der Waals surface area contributed by atoms with Crippen molar-refractivity contribution >= 4 is 35.0 Å². The lowest BCUT2D eigenvalue weighted by Crippen LogP contribution is -2.21. The summed E-state index contributed by atoms with van der Waals surface area (Å²) in [6.07, 6.45) is 2.39. The number of rotatable bonds is 8. The van der Waals surface area contributed by atoms with E-state index in [1.807, 2.05) is 24.3 Å². The minimum absolute atomic E-state index is 0.0699. The molecule has 1 aliphatic rings. The van der Waals surface area contributed by atoms with Gasteiger partial charge < -0.3 is 14.6 Å². The number of carbonyl (C=O) groups excluding carboxylic acids is 1. The van der Waals surface area contributed by atoms with E-state index in [4.69, 9.17) is 32.7 Å². The van der Waals surface area contributed by atoms with Crippen LogP contribution in [0, 0.1) is 0 Å². The largest absolute Gasteiger partial charge is 0.493 e. The van der Waals surface area contributed by atoms with Crippen molar-refractivity contribution in [2.75, 3.05) is 6.61 Å². The Morgan fingerprint density at radius 1 is 1.00 bits per heavy atom. The molecule has 7 heteroatoms. The van der Waals surface area contributed by atoms with E-state index >= 15 is 0 Å². The van der Waals surface area contributed by atoms with E-state index in [0.717, 1.165) is 18.4 Å². The summed E-state index contributed by atoms with van der Waals surface area (Å²) in [6.45, 7) is 0.304. The molecule has 0 fully saturated rings. The van der Waals surface area contributed by atoms with E-state index in [1.165, 1.54) is 0 Å². The minimum Gasteiger partial charge on any atom is -0.493 e. The molecule has 33 heavy (non-hydrogen) atoms. The highest BCUT2D eigenvalue weighted by molar-refractivity contribution is 6.32. The van der Waals surface area contributed by atoms with E-state index in [-0.39, 0.29) is 5.78 Å². The van der Waals surface area contributed by atoms with E-state index in [9.17, 15) is 14.7 Å². The maximum Gasteiger partial charge on any atom is 0.311 e. The second-order valence-corrected chi connectivity index (χ2v) is 8.72. The molecule has 0 radical (unpaired) electrons. The molecule has 0 saturated heterocycles. The number of Topliss-reactive ketones (excluding diaryl/α,β-unsaturated/α-hetero) is 1. The smallest absolute Gasteiger partial charge is 0.311 e. The van der Waals surface area contributed by atoms with Crippen molar-refractivity contribution in [3.8, 4) is 17.2 Å². The SMILES string of the molecule is O=C(CCCc1ccc(Cl)cc1)c1ccc(Oc2cc(Cl)c3c(c2)OCCC3C(=O)O)cc1. The van der Waals surface area contributed by atoms with Gasteiger partial charge in [0.2, 0.25) is 0 Å². The summed E-state index contributed by atoms with van der Waals surface area (Å²) in [6, 6.07) is 17.8. The first-order valence-electron chi connectivity index (χ1n) is 10.7. The monoisotopic (exact) mass is 484 g/mol. The average Bonchev–Trinajstić information content (AvgIpc) is 2.80. The first kappa shape index (κ1) is 23.1. The maximum atomic E-state index is 12.5. The van der Waals surface area contributed by atoms with Gasteiger partial charge in [0, 0.05) is 28.6 Å². The van der Waals surface area contributed by atoms with Crippen molar-refractivity contribution in [2.45, 2.75) is 31.6 Å². The lowest BCUT2D eigenvalue weighted by molar-refractivity contribution is -0.139. The summed E-state index contributed by atoms with van der Waals surface area (Å²) < 4.78 is 11.5. The van der Waals surface area contributed by atoms with Gasteiger partial charge in [0.1, 0.15) is 17.2 Å². The van der Waals surface area contributed by atoms with Gasteiger partial charge >= 0.3 is 5.97 Å². The number of carboxylic acids is 1. The standard InChI is InChI=1S/C26H22Cl2O5/c27-18-8-4-16(5-9-18)2-1-3-23(29)17-6-10-19(11-7-17)33-20-14-22(28)25-21(26(30)31)12-13-32-24(25)15-20/h4-11,14-15,21H,1-3,12-13H2,(H,30,31). The van der Waals surface area contributed by atoms with E-state index < -0.39 is 11.9 Å². The molecule has 0 spiro atoms. The molecule has 0 saturated carbocycles. The predicted molar refractivity (Wildman–Crippen MR) is 127 cm³/mol. The first-order valence-corrected chi connectivity index (χ1v) is 11.4. The molecule has 1 aliphatic heterocycles. The molecule has 1 N–H and O–H groups in total. The molecule has 3 aromatic rings. The zero-order valence-electron chi connectivity index (χ0n) is 17.7. The summed E-state index contributed by atoms with van der Waals surface area (Å²) in [5, 5.41) is 10.4. The molecule has 1 unspecified atom stereocenters. The summed E-state index contributed by atoms with van der Waals surface area (Å²) in [5.74, 6) is -0.158. The fourth-order valence-corrected chi connectivity index (χ4v) is 4.32. The van der Waals surface area contributed by atoms with Gasteiger partial charge in [-0.05, 0) is 67.3 Å². The van der Waals surface area contributed by atoms with Gasteiger partial charge in [-0.15, -0.1) is 0 Å². The molecule has 4 rings (SSSR count). The van der Waals surface area contributed by atoms with Crippen LogP contribution < -0.4 is 9.47 Å². The Morgan fingerprint density at radius 3 is 2.42 bits per heavy atom. The Morgan fingerprint density at radius 2 is 1.73 bits per heavy atom. The Hall–Kier alpha value is -3.02. The second-order valence-electron chi connectivity index (χ2n) is 7.87. The van der Waals surface area contributed by atoms with Crippen molar-refractivity contribution in [3.63, 3.8) is 0 Å². The quantitative estimate of drug-likeness (QED) is 0.350. The Labute approximate surface area is 201 Å². The average molecular weight is 485 g/mol. The summed E-state index contributed by atoms with van der Waals surface area (Å²) >= 11 is 12.2. The molecule has 1 atom stereocenters. The normalized spacial score (nSPS) is 14.8. The molecule has 0 amide bonds. The topological polar surface area (TPSA) is 72.8 Å². The Balaban J connectivity index is 1.37. The highest BCUT2D eigenvalue weighted by atomic mass is 35.5. The lowest BCUT2D eigenvalue weighted by Gasteiger charge is -2.24. The summed E-state index contributed by atoms with van der Waals surface area (Å²) in [5.41, 5.74) is 2.25. The molecule has 170 valence electrons. The van der Waals surface area contributed by atoms with E-state index in [1.54, 1.807) is 36.4 Å². The van der Waals surface area contributed by atoms with Crippen LogP contribution in [-0.4, -0.2) is 23.5 Å². The molecular weight excluding hydrogens is 463 g/mol. The number of carboxylic acid groups (broad SMARTS) is 1. The molecule has 1 heterocycles. The predicted octanol–water partition coefficient (Wildman–Crippen LogP) is 6.94. The molecule has 5 nitrogen and oxygen atoms in total. The van der Waals surface area contributed by atoms with Crippen molar-refractivity contribution in [2.24, 2.45) is 0 Å². The number of ketones is 1. The van der Waals surface area contributed by atoms with Gasteiger partial charge in [0.25, 0.3) is 0 Å². The zero-order valence-corrected chi connectivity index (χ0v) is 19.2. The van der Waals surface area contributed by atoms with Crippen LogP contribution >= 0.6 is 23.2 Å². The van der Waals surface area contributed by atoms with E-state index in [2.05, 4.69) is 0 Å². The highest BCUT2D eigenvalue weighted by Crippen LogP contribution is 2.42. The van der Waals surface area contributed by atoms with Crippen molar-refractivity contribution in [1.82, 2.24) is 0 Å². The Bertz CT molecular complexity index is 1160. The van der Waals surface area contributed by atoms with Gasteiger partial charge in [0.05, 0.1) is 17.5 Å². The third-order valence-electron chi connectivity index (χ3n) is 5.57. The van der Waals surface area contributed by atoms with Gasteiger partial charge in [-0.25, -0.2) is 0 Å². The number of carbonyl (C=O) groups is 2. The number of hydrogen-bond acceptors (Lipinski definition) is 4. The third-order valence-corrected chi connectivity index (χ3v) is 6.13. The molecule has 0 aromatic heterocycles. The zero-order chi connectivity index (χ0) is 23.4. The van der Waals surface area contributed by atoms with Crippen LogP contribution in [0.25, 0.3) is 0 Å². The highest BCUT2D eigenvalue weighted by Gasteiger charge is 2.30. The summed E-state index contributed by atoms with van der Waals surface area (Å²) in [4.78, 5) is 24.0. The van der Waals surface area contributed by atoms with Gasteiger partial charge in [-0.1, -0.05) is 35.3 Å². The van der Waals surface area contributed by atoms with Crippen LogP contribution in [0.1, 0.15) is 46.7 Å². The van der Waals surface area contributed by atoms with Crippen molar-refractivity contribution in [1.29, 1.82) is 0 Å². The fraction of sp³-hybridized carbons (Fsp3) is 0.231. The van der Waals surface area contributed by atoms with Crippen molar-refractivity contribution < 1.29 is 24.2 Å². The van der Waals surface area contributed by atoms with Gasteiger partial charge in [-0.3, -0.25) is 9.59 Å².